The van der Waals surface area contributed by atoms with Crippen LogP contribution in [0.4, 0.5) is 17.1 Å². The molecule has 0 radical (unpaired) electrons. The zero-order valence-corrected chi connectivity index (χ0v) is 22.3. The first kappa shape index (κ1) is 11.5. The van der Waals surface area contributed by atoms with Crippen LogP contribution in [-0.4, -0.2) is 0 Å². The summed E-state index contributed by atoms with van der Waals surface area (Å²) < 4.78 is 192. The summed E-state index contributed by atoms with van der Waals surface area (Å²) in [6, 6.07) is 9.11. The molecule has 0 heterocycles. The van der Waals surface area contributed by atoms with E-state index in [9.17, 15) is 11.0 Å². The molecule has 7 aromatic rings. The number of anilines is 3. The fourth-order valence-electron chi connectivity index (χ4n) is 5.11. The second kappa shape index (κ2) is 9.71. The summed E-state index contributed by atoms with van der Waals surface area (Å²) in [7, 11) is 0. The van der Waals surface area contributed by atoms with E-state index >= 15 is 0 Å². The second-order valence-electron chi connectivity index (χ2n) is 10.1. The molecule has 0 N–H and O–H groups in total. The van der Waals surface area contributed by atoms with Crippen LogP contribution >= 0.6 is 0 Å². The summed E-state index contributed by atoms with van der Waals surface area (Å²) in [5.74, 6) is 0. The van der Waals surface area contributed by atoms with Crippen LogP contribution in [0.15, 0.2) is 145 Å². The van der Waals surface area contributed by atoms with Gasteiger partial charge in [0.25, 0.3) is 0 Å². The maximum absolute atomic E-state index is 9.49. The molecule has 1 aliphatic rings. The van der Waals surface area contributed by atoms with Crippen molar-refractivity contribution in [2.24, 2.45) is 0 Å². The van der Waals surface area contributed by atoms with Gasteiger partial charge in [-0.05, 0) is 132 Å². The van der Waals surface area contributed by atoms with E-state index in [1.54, 1.807) is 65.6 Å². The maximum atomic E-state index is 9.49. The molecule has 0 spiro atoms. The average Bonchev–Trinajstić information content (AvgIpc) is 3.20. The first-order valence-electron chi connectivity index (χ1n) is 24.3. The van der Waals surface area contributed by atoms with Gasteiger partial charge in [-0.25, -0.2) is 0 Å². The molecule has 1 aliphatic carbocycles. The molecule has 7 aromatic carbocycles. The van der Waals surface area contributed by atoms with Crippen LogP contribution in [-0.2, 0) is 5.41 Å². The Bertz CT molecular complexity index is 3090. The number of hydrogen-bond acceptors (Lipinski definition) is 1. The first-order chi connectivity index (χ1) is 30.2. The number of rotatable bonds is 4. The monoisotopic (exact) mass is 573 g/mol. The molecule has 0 saturated carbocycles. The van der Waals surface area contributed by atoms with Gasteiger partial charge in [-0.3, -0.25) is 0 Å². The normalized spacial score (nSPS) is 20.3. The van der Waals surface area contributed by atoms with E-state index in [4.69, 9.17) is 19.2 Å². The third-order valence-corrected chi connectivity index (χ3v) is 7.19. The molecule has 0 atom stereocenters. The average molecular weight is 574 g/mol. The Morgan fingerprint density at radius 1 is 0.465 bits per heavy atom. The van der Waals surface area contributed by atoms with Gasteiger partial charge in [-0.15, -0.1) is 0 Å². The Labute approximate surface area is 284 Å². The molecule has 43 heavy (non-hydrogen) atoms. The highest BCUT2D eigenvalue weighted by Crippen LogP contribution is 2.51. The Morgan fingerprint density at radius 2 is 1.00 bits per heavy atom. The minimum Gasteiger partial charge on any atom is -0.310 e. The largest absolute Gasteiger partial charge is 0.310 e. The molecule has 0 aliphatic heterocycles. The standard InChI is InChI=1S/C42H33N/c1-42(2,3)34-19-16-28(17-20-34)29-14-15-30-24-38-40(26-32(30)22-29)39-25-31-18-21-37(23-33(31)27-41(38)39)43(35-10-6-4-7-11-35)36-12-8-5-9-13-36/h4-27H,1-3H3/i1D3,2D3,3D3,15D,16D,17D,18D,19D,20D,21D,22D,23D,24D,25D,26D,27D. The van der Waals surface area contributed by atoms with E-state index < -0.39 is 115 Å². The summed E-state index contributed by atoms with van der Waals surface area (Å²) in [5, 5.41) is -1.17. The Kier molecular flexibility index (Phi) is 2.60. The van der Waals surface area contributed by atoms with Crippen molar-refractivity contribution in [3.8, 4) is 33.4 Å². The lowest BCUT2D eigenvalue weighted by Gasteiger charge is -2.28. The smallest absolute Gasteiger partial charge is 0.0651 e. The van der Waals surface area contributed by atoms with Crippen molar-refractivity contribution in [2.45, 2.75) is 26.0 Å². The van der Waals surface area contributed by atoms with Gasteiger partial charge in [-0.1, -0.05) is 99.3 Å². The van der Waals surface area contributed by atoms with Crippen LogP contribution in [0.2, 0.25) is 0 Å². The summed E-state index contributed by atoms with van der Waals surface area (Å²) in [6.07, 6.45) is 0. The first-order valence-corrected chi connectivity index (χ1v) is 13.3. The van der Waals surface area contributed by atoms with Crippen LogP contribution in [0.25, 0.3) is 54.9 Å². The van der Waals surface area contributed by atoms with Crippen molar-refractivity contribution >= 4 is 38.6 Å². The minimum absolute atomic E-state index is 0.0353. The van der Waals surface area contributed by atoms with E-state index in [0.29, 0.717) is 11.4 Å². The minimum atomic E-state index is -3.94. The van der Waals surface area contributed by atoms with Crippen molar-refractivity contribution in [1.82, 2.24) is 0 Å². The number of nitrogens with zero attached hydrogens (tertiary/aromatic N) is 1. The summed E-state index contributed by atoms with van der Waals surface area (Å²) in [4.78, 5) is 1.60. The molecular weight excluding hydrogens is 518 g/mol. The second-order valence-corrected chi connectivity index (χ2v) is 10.1. The molecule has 0 saturated heterocycles. The predicted octanol–water partition coefficient (Wildman–Crippen LogP) is 12.1. The zero-order chi connectivity index (χ0) is 47.9. The Hall–Kier alpha value is -5.14. The quantitative estimate of drug-likeness (QED) is 0.202. The van der Waals surface area contributed by atoms with Crippen LogP contribution in [0.1, 0.15) is 56.3 Å². The van der Waals surface area contributed by atoms with Gasteiger partial charge in [-0.2, -0.15) is 0 Å². The van der Waals surface area contributed by atoms with Crippen molar-refractivity contribution < 1.29 is 30.2 Å². The molecule has 8 rings (SSSR count). The Balaban J connectivity index is 1.40. The molecule has 0 bridgehead atoms. The van der Waals surface area contributed by atoms with Crippen molar-refractivity contribution in [3.63, 3.8) is 0 Å². The number of fused-ring (bicyclic) bond motifs is 6. The molecule has 1 nitrogen and oxygen atoms in total. The lowest BCUT2D eigenvalue weighted by Crippen LogP contribution is -2.10. The maximum Gasteiger partial charge on any atom is 0.0651 e. The molecule has 1 heteroatoms. The van der Waals surface area contributed by atoms with E-state index in [1.165, 1.54) is 0 Å². The van der Waals surface area contributed by atoms with Crippen LogP contribution in [0.3, 0.4) is 0 Å². The van der Waals surface area contributed by atoms with E-state index in [1.807, 2.05) is 0 Å². The zero-order valence-electron chi connectivity index (χ0n) is 44.3. The van der Waals surface area contributed by atoms with Gasteiger partial charge in [0, 0.05) is 29.4 Å². The lowest BCUT2D eigenvalue weighted by atomic mass is 9.77. The lowest BCUT2D eigenvalue weighted by molar-refractivity contribution is 0.590. The van der Waals surface area contributed by atoms with Crippen LogP contribution < -0.4 is 4.90 Å². The van der Waals surface area contributed by atoms with E-state index in [-0.39, 0.29) is 56.2 Å². The third kappa shape index (κ3) is 4.40. The fourth-order valence-corrected chi connectivity index (χ4v) is 5.11. The molecule has 0 amide bonds. The Morgan fingerprint density at radius 3 is 1.58 bits per heavy atom. The molecule has 206 valence electrons. The molecular formula is C42H33N. The summed E-state index contributed by atoms with van der Waals surface area (Å²) in [5.41, 5.74) is -5.93. The number of para-hydroxylation sites is 2. The van der Waals surface area contributed by atoms with Gasteiger partial charge in [0.2, 0.25) is 0 Å². The van der Waals surface area contributed by atoms with Crippen molar-refractivity contribution in [2.75, 3.05) is 4.90 Å². The van der Waals surface area contributed by atoms with Gasteiger partial charge < -0.3 is 4.90 Å². The van der Waals surface area contributed by atoms with Gasteiger partial charge in [0.1, 0.15) is 0 Å². The van der Waals surface area contributed by atoms with E-state index in [0.717, 1.165) is 6.07 Å². The third-order valence-electron chi connectivity index (χ3n) is 7.19. The van der Waals surface area contributed by atoms with Gasteiger partial charge >= 0.3 is 0 Å². The number of benzene rings is 7. The van der Waals surface area contributed by atoms with Gasteiger partial charge in [0.15, 0.2) is 0 Å². The SMILES string of the molecule is [2H]c1c([2H])c(C(C([2H])([2H])[2H])(C([2H])([2H])[2H])C([2H])([2H])[2H])c([2H])c([2H])c1-c1cc([2H])c2c([2H])c3c(c([2H])c2c1[2H])-c1c-3c([2H])c2c([2H])c(N(c3ccccc3)c3ccccc3)c([2H])c([2H])c2c1[2H]. The predicted molar refractivity (Wildman–Crippen MR) is 185 cm³/mol. The van der Waals surface area contributed by atoms with Crippen LogP contribution in [0, 0.1) is 0 Å². The van der Waals surface area contributed by atoms with Gasteiger partial charge in [0.05, 0.1) is 17.8 Å². The van der Waals surface area contributed by atoms with Crippen molar-refractivity contribution in [3.05, 3.63) is 151 Å². The highest BCUT2D eigenvalue weighted by atomic mass is 15.1. The van der Waals surface area contributed by atoms with E-state index in [2.05, 4.69) is 0 Å². The van der Waals surface area contributed by atoms with Crippen LogP contribution in [0.5, 0.6) is 0 Å². The van der Waals surface area contributed by atoms with Crippen molar-refractivity contribution in [1.29, 1.82) is 0 Å². The molecule has 0 aromatic heterocycles. The summed E-state index contributed by atoms with van der Waals surface area (Å²) >= 11 is 0. The topological polar surface area (TPSA) is 3.24 Å². The highest BCUT2D eigenvalue weighted by Gasteiger charge is 2.24. The highest BCUT2D eigenvalue weighted by molar-refractivity contribution is 6.12. The summed E-state index contributed by atoms with van der Waals surface area (Å²) in [6.45, 7) is -11.8. The molecule has 0 unspecified atom stereocenters. The molecule has 0 fully saturated rings. The fraction of sp³-hybridized carbons (Fsp3) is 0.0952. The number of hydrogen-bond donors (Lipinski definition) is 0.